The van der Waals surface area contributed by atoms with Crippen molar-refractivity contribution in [3.63, 3.8) is 0 Å². The van der Waals surface area contributed by atoms with Crippen molar-refractivity contribution in [3.8, 4) is 11.5 Å². The zero-order valence-corrected chi connectivity index (χ0v) is 19.3. The van der Waals surface area contributed by atoms with Crippen LogP contribution in [0.5, 0.6) is 11.5 Å². The van der Waals surface area contributed by atoms with Crippen molar-refractivity contribution in [1.82, 2.24) is 9.88 Å². The smallest absolute Gasteiger partial charge is 0.145 e. The number of fused-ring (bicyclic) bond motifs is 1. The maximum Gasteiger partial charge on any atom is 0.145 e. The quantitative estimate of drug-likeness (QED) is 0.532. The van der Waals surface area contributed by atoms with Gasteiger partial charge in [-0.25, -0.2) is 0 Å². The zero-order valence-electron chi connectivity index (χ0n) is 19.3. The van der Waals surface area contributed by atoms with Gasteiger partial charge in [-0.3, -0.25) is 4.98 Å². The van der Waals surface area contributed by atoms with Crippen LogP contribution in [-0.4, -0.2) is 70.0 Å². The summed E-state index contributed by atoms with van der Waals surface area (Å²) in [6.45, 7) is 6.43. The Hall–Kier alpha value is -3.03. The molecule has 0 bridgehead atoms. The minimum atomic E-state index is 0.496. The Morgan fingerprint density at radius 1 is 1.03 bits per heavy atom. The molecule has 1 aromatic heterocycles. The summed E-state index contributed by atoms with van der Waals surface area (Å²) in [5.41, 5.74) is 4.05. The number of hydrogen-bond donors (Lipinski definition) is 1. The van der Waals surface area contributed by atoms with Crippen LogP contribution in [0.1, 0.15) is 6.92 Å². The van der Waals surface area contributed by atoms with Crippen LogP contribution >= 0.6 is 0 Å². The lowest BCUT2D eigenvalue weighted by Gasteiger charge is -2.39. The van der Waals surface area contributed by atoms with Gasteiger partial charge in [0.15, 0.2) is 0 Å². The number of nitrogens with zero attached hydrogens (tertiary/aromatic N) is 3. The summed E-state index contributed by atoms with van der Waals surface area (Å²) in [7, 11) is 5.51. The van der Waals surface area contributed by atoms with Gasteiger partial charge in [0.25, 0.3) is 0 Å². The van der Waals surface area contributed by atoms with E-state index in [-0.39, 0.29) is 0 Å². The first kappa shape index (κ1) is 22.2. The van der Waals surface area contributed by atoms with Crippen LogP contribution in [0.3, 0.4) is 0 Å². The normalized spacial score (nSPS) is 16.9. The van der Waals surface area contributed by atoms with Gasteiger partial charge in [0, 0.05) is 61.8 Å². The first-order chi connectivity index (χ1) is 15.6. The number of rotatable bonds is 8. The third kappa shape index (κ3) is 4.89. The molecule has 0 saturated carbocycles. The minimum absolute atomic E-state index is 0.496. The summed E-state index contributed by atoms with van der Waals surface area (Å²) in [6, 6.07) is 14.8. The summed E-state index contributed by atoms with van der Waals surface area (Å²) in [6.07, 6.45) is 1.84. The number of hydrogen-bond acceptors (Lipinski definition) is 7. The Balaban J connectivity index is 1.56. The van der Waals surface area contributed by atoms with Crippen LogP contribution in [0.25, 0.3) is 10.9 Å². The first-order valence-corrected chi connectivity index (χ1v) is 11.0. The van der Waals surface area contributed by atoms with Crippen LogP contribution in [0.15, 0.2) is 48.7 Å². The summed E-state index contributed by atoms with van der Waals surface area (Å²) < 4.78 is 16.3. The SMILES string of the molecule is COCCOc1ccc(Nc2ccnc3cc(N4CCN(C)[C@@H](C)C4)ccc23)c(OC)c1. The fraction of sp³-hybridized carbons (Fsp3) is 0.400. The van der Waals surface area contributed by atoms with Crippen molar-refractivity contribution in [2.45, 2.75) is 13.0 Å². The average Bonchev–Trinajstić information content (AvgIpc) is 2.81. The summed E-state index contributed by atoms with van der Waals surface area (Å²) >= 11 is 0. The molecule has 2 heterocycles. The van der Waals surface area contributed by atoms with E-state index >= 15 is 0 Å². The van der Waals surface area contributed by atoms with Crippen LogP contribution in [0.4, 0.5) is 17.1 Å². The van der Waals surface area contributed by atoms with Crippen molar-refractivity contribution in [2.75, 3.05) is 64.3 Å². The molecule has 7 nitrogen and oxygen atoms in total. The van der Waals surface area contributed by atoms with Gasteiger partial charge in [-0.2, -0.15) is 0 Å². The van der Waals surface area contributed by atoms with E-state index in [1.807, 2.05) is 30.5 Å². The maximum atomic E-state index is 5.70. The highest BCUT2D eigenvalue weighted by atomic mass is 16.5. The van der Waals surface area contributed by atoms with Gasteiger partial charge in [-0.05, 0) is 50.4 Å². The molecule has 0 aliphatic carbocycles. The molecule has 32 heavy (non-hydrogen) atoms. The van der Waals surface area contributed by atoms with Crippen molar-refractivity contribution < 1.29 is 14.2 Å². The van der Waals surface area contributed by atoms with E-state index in [1.165, 1.54) is 5.69 Å². The van der Waals surface area contributed by atoms with Crippen molar-refractivity contribution in [1.29, 1.82) is 0 Å². The van der Waals surface area contributed by atoms with Gasteiger partial charge in [0.1, 0.15) is 18.1 Å². The standard InChI is InChI=1S/C25H32N4O3/c1-18-17-29(12-11-28(18)2)19-5-7-21-22(9-10-26-24(21)15-19)27-23-8-6-20(16-25(23)31-4)32-14-13-30-3/h5-10,15-16,18H,11-14,17H2,1-4H3,(H,26,27)/t18-/m0/s1. The molecule has 1 fully saturated rings. The van der Waals surface area contributed by atoms with Crippen LogP contribution in [0.2, 0.25) is 0 Å². The largest absolute Gasteiger partial charge is 0.494 e. The Morgan fingerprint density at radius 3 is 2.69 bits per heavy atom. The number of anilines is 3. The first-order valence-electron chi connectivity index (χ1n) is 11.0. The second kappa shape index (κ2) is 10.1. The molecular formula is C25H32N4O3. The van der Waals surface area contributed by atoms with Crippen LogP contribution < -0.4 is 19.7 Å². The lowest BCUT2D eigenvalue weighted by atomic mass is 10.1. The molecule has 0 radical (unpaired) electrons. The number of nitrogens with one attached hydrogen (secondary N) is 1. The number of methoxy groups -OCH3 is 2. The van der Waals surface area contributed by atoms with Gasteiger partial charge in [-0.1, -0.05) is 0 Å². The minimum Gasteiger partial charge on any atom is -0.494 e. The third-order valence-corrected chi connectivity index (χ3v) is 6.05. The molecule has 1 atom stereocenters. The monoisotopic (exact) mass is 436 g/mol. The maximum absolute atomic E-state index is 5.70. The highest BCUT2D eigenvalue weighted by molar-refractivity contribution is 5.95. The topological polar surface area (TPSA) is 59.1 Å². The lowest BCUT2D eigenvalue weighted by molar-refractivity contribution is 0.146. The fourth-order valence-corrected chi connectivity index (χ4v) is 3.98. The summed E-state index contributed by atoms with van der Waals surface area (Å²) in [5.74, 6) is 1.46. The molecular weight excluding hydrogens is 404 g/mol. The molecule has 0 spiro atoms. The van der Waals surface area contributed by atoms with Crippen molar-refractivity contribution in [2.24, 2.45) is 0 Å². The van der Waals surface area contributed by atoms with Crippen molar-refractivity contribution >= 4 is 28.0 Å². The number of aromatic nitrogens is 1. The summed E-state index contributed by atoms with van der Waals surface area (Å²) in [4.78, 5) is 9.47. The van der Waals surface area contributed by atoms with Crippen LogP contribution in [-0.2, 0) is 4.74 Å². The number of likely N-dealkylation sites (N-methyl/N-ethyl adjacent to an activating group) is 1. The number of ether oxygens (including phenoxy) is 3. The molecule has 1 N–H and O–H groups in total. The molecule has 0 amide bonds. The molecule has 2 aromatic carbocycles. The van der Waals surface area contributed by atoms with E-state index in [0.29, 0.717) is 25.0 Å². The van der Waals surface area contributed by atoms with Gasteiger partial charge < -0.3 is 29.3 Å². The predicted molar refractivity (Wildman–Crippen MR) is 130 cm³/mol. The fourth-order valence-electron chi connectivity index (χ4n) is 3.98. The molecule has 170 valence electrons. The Labute approximate surface area is 189 Å². The number of benzene rings is 2. The van der Waals surface area contributed by atoms with E-state index < -0.39 is 0 Å². The van der Waals surface area contributed by atoms with Gasteiger partial charge in [0.05, 0.1) is 24.9 Å². The van der Waals surface area contributed by atoms with E-state index in [0.717, 1.165) is 47.7 Å². The highest BCUT2D eigenvalue weighted by Crippen LogP contribution is 2.34. The second-order valence-electron chi connectivity index (χ2n) is 8.16. The average molecular weight is 437 g/mol. The molecule has 7 heteroatoms. The molecule has 1 saturated heterocycles. The van der Waals surface area contributed by atoms with E-state index in [9.17, 15) is 0 Å². The third-order valence-electron chi connectivity index (χ3n) is 6.05. The van der Waals surface area contributed by atoms with Gasteiger partial charge >= 0.3 is 0 Å². The van der Waals surface area contributed by atoms with E-state index in [4.69, 9.17) is 14.2 Å². The summed E-state index contributed by atoms with van der Waals surface area (Å²) in [5, 5.41) is 4.58. The molecule has 3 aromatic rings. The van der Waals surface area contributed by atoms with E-state index in [2.05, 4.69) is 52.3 Å². The molecule has 1 aliphatic rings. The van der Waals surface area contributed by atoms with Gasteiger partial charge in [0.2, 0.25) is 0 Å². The molecule has 4 rings (SSSR count). The second-order valence-corrected chi connectivity index (χ2v) is 8.16. The van der Waals surface area contributed by atoms with Gasteiger partial charge in [-0.15, -0.1) is 0 Å². The van der Waals surface area contributed by atoms with Crippen molar-refractivity contribution in [3.05, 3.63) is 48.7 Å². The highest BCUT2D eigenvalue weighted by Gasteiger charge is 2.21. The molecule has 0 unspecified atom stereocenters. The van der Waals surface area contributed by atoms with Crippen LogP contribution in [0, 0.1) is 0 Å². The Kier molecular flexibility index (Phi) is 6.97. The predicted octanol–water partition coefficient (Wildman–Crippen LogP) is 4.15. The Morgan fingerprint density at radius 2 is 1.91 bits per heavy atom. The van der Waals surface area contributed by atoms with E-state index in [1.54, 1.807) is 14.2 Å². The Bertz CT molecular complexity index is 1060. The number of piperazine rings is 1. The zero-order chi connectivity index (χ0) is 22.5. The molecule has 1 aliphatic heterocycles. The number of pyridine rings is 1. The lowest BCUT2D eigenvalue weighted by Crippen LogP contribution is -2.50.